The molecular weight excluding hydrogens is 429 g/mol. The van der Waals surface area contributed by atoms with Crippen molar-refractivity contribution in [3.63, 3.8) is 0 Å². The zero-order valence-electron chi connectivity index (χ0n) is 18.4. The normalized spacial score (nSPS) is 12.6. The Morgan fingerprint density at radius 3 is 2.39 bits per heavy atom. The Morgan fingerprint density at radius 1 is 1.06 bits per heavy atom. The summed E-state index contributed by atoms with van der Waals surface area (Å²) in [4.78, 5) is 12.3. The molecule has 0 bridgehead atoms. The number of ether oxygens (including phenoxy) is 3. The molecule has 4 rings (SSSR count). The van der Waals surface area contributed by atoms with Crippen LogP contribution in [0.15, 0.2) is 66.7 Å². The molecule has 33 heavy (non-hydrogen) atoms. The predicted molar refractivity (Wildman–Crippen MR) is 121 cm³/mol. The van der Waals surface area contributed by atoms with E-state index in [1.165, 1.54) is 36.4 Å². The quantitative estimate of drug-likeness (QED) is 0.533. The fourth-order valence-electron chi connectivity index (χ4n) is 3.10. The second kappa shape index (κ2) is 11.2. The van der Waals surface area contributed by atoms with Gasteiger partial charge in [0.15, 0.2) is 11.5 Å². The summed E-state index contributed by atoms with van der Waals surface area (Å²) >= 11 is 0. The molecule has 0 amide bonds. The topological polar surface area (TPSA) is 88.5 Å². The predicted octanol–water partition coefficient (Wildman–Crippen LogP) is 4.72. The maximum absolute atomic E-state index is 13.2. The van der Waals surface area contributed by atoms with E-state index in [1.807, 2.05) is 32.3 Å². The number of carboxylic acids is 1. The number of para-hydroxylation sites is 1. The van der Waals surface area contributed by atoms with E-state index in [4.69, 9.17) is 24.4 Å². The third kappa shape index (κ3) is 6.85. The van der Waals surface area contributed by atoms with E-state index in [0.29, 0.717) is 17.2 Å². The van der Waals surface area contributed by atoms with Crippen molar-refractivity contribution in [3.05, 3.63) is 83.7 Å². The first kappa shape index (κ1) is 23.9. The van der Waals surface area contributed by atoms with Gasteiger partial charge < -0.3 is 29.3 Å². The number of halogens is 1. The van der Waals surface area contributed by atoms with Crippen LogP contribution in [0.2, 0.25) is 0 Å². The van der Waals surface area contributed by atoms with Gasteiger partial charge in [-0.1, -0.05) is 18.2 Å². The number of aromatic carboxylic acids is 1. The first-order valence-electron chi connectivity index (χ1n) is 10.3. The Bertz CT molecular complexity index is 1050. The number of fused-ring (bicyclic) bond motifs is 1. The SMILES string of the molecule is CN(C)CC[C@@H](Oc1cccc2c1OCO2)c1ccc(F)cc1.O=C(O)c1ccc(O)cc1. The van der Waals surface area contributed by atoms with Crippen LogP contribution in [0.4, 0.5) is 4.39 Å². The zero-order chi connectivity index (χ0) is 23.8. The third-order valence-corrected chi connectivity index (χ3v) is 4.82. The van der Waals surface area contributed by atoms with Gasteiger partial charge in [0.2, 0.25) is 12.5 Å². The van der Waals surface area contributed by atoms with Gasteiger partial charge in [0.25, 0.3) is 0 Å². The first-order chi connectivity index (χ1) is 15.8. The van der Waals surface area contributed by atoms with Gasteiger partial charge in [-0.3, -0.25) is 0 Å². The highest BCUT2D eigenvalue weighted by Crippen LogP contribution is 2.42. The van der Waals surface area contributed by atoms with Gasteiger partial charge in [-0.15, -0.1) is 0 Å². The molecule has 0 unspecified atom stereocenters. The number of nitrogens with zero attached hydrogens (tertiary/aromatic N) is 1. The Kier molecular flexibility index (Phi) is 8.10. The Morgan fingerprint density at radius 2 is 1.76 bits per heavy atom. The molecule has 3 aromatic carbocycles. The second-order valence-corrected chi connectivity index (χ2v) is 7.59. The zero-order valence-corrected chi connectivity index (χ0v) is 18.4. The summed E-state index contributed by atoms with van der Waals surface area (Å²) in [6.45, 7) is 1.06. The Balaban J connectivity index is 0.000000257. The van der Waals surface area contributed by atoms with Crippen LogP contribution in [-0.2, 0) is 0 Å². The van der Waals surface area contributed by atoms with E-state index < -0.39 is 5.97 Å². The Hall–Kier alpha value is -3.78. The summed E-state index contributed by atoms with van der Waals surface area (Å²) in [5.74, 6) is 0.799. The molecule has 7 nitrogen and oxygen atoms in total. The number of phenolic OH excluding ortho intramolecular Hbond substituents is 1. The lowest BCUT2D eigenvalue weighted by atomic mass is 10.1. The van der Waals surface area contributed by atoms with Crippen molar-refractivity contribution in [3.8, 4) is 23.0 Å². The van der Waals surface area contributed by atoms with Gasteiger partial charge in [0, 0.05) is 13.0 Å². The number of hydrogen-bond donors (Lipinski definition) is 2. The van der Waals surface area contributed by atoms with E-state index in [-0.39, 0.29) is 30.0 Å². The summed E-state index contributed by atoms with van der Waals surface area (Å²) in [7, 11) is 4.03. The van der Waals surface area contributed by atoms with Crippen molar-refractivity contribution in [1.29, 1.82) is 0 Å². The summed E-state index contributed by atoms with van der Waals surface area (Å²) < 4.78 is 30.2. The molecule has 8 heteroatoms. The monoisotopic (exact) mass is 455 g/mol. The molecule has 0 saturated heterocycles. The molecular formula is C25H26FNO6. The highest BCUT2D eigenvalue weighted by Gasteiger charge is 2.22. The maximum atomic E-state index is 13.2. The van der Waals surface area contributed by atoms with Crippen LogP contribution in [0.1, 0.15) is 28.4 Å². The smallest absolute Gasteiger partial charge is 0.335 e. The summed E-state index contributed by atoms with van der Waals surface area (Å²) in [5.41, 5.74) is 1.11. The summed E-state index contributed by atoms with van der Waals surface area (Å²) in [6, 6.07) is 17.4. The number of carboxylic acid groups (broad SMARTS) is 1. The van der Waals surface area contributed by atoms with Crippen LogP contribution in [0.5, 0.6) is 23.0 Å². The standard InChI is InChI=1S/C18H20FNO3.C7H6O3/c1-20(2)11-10-15(13-6-8-14(19)9-7-13)23-17-5-3-4-16-18(17)22-12-21-16;8-6-3-1-5(2-4-6)7(9)10/h3-9,15H,10-12H2,1-2H3;1-4,8H,(H,9,10)/t15-;/m1./s1. The minimum absolute atomic E-state index is 0.0741. The maximum Gasteiger partial charge on any atom is 0.335 e. The lowest BCUT2D eigenvalue weighted by Crippen LogP contribution is -2.19. The molecule has 0 saturated carbocycles. The van der Waals surface area contributed by atoms with Crippen molar-refractivity contribution in [2.24, 2.45) is 0 Å². The minimum Gasteiger partial charge on any atom is -0.508 e. The molecule has 0 radical (unpaired) electrons. The van der Waals surface area contributed by atoms with Crippen molar-refractivity contribution in [2.45, 2.75) is 12.5 Å². The van der Waals surface area contributed by atoms with Gasteiger partial charge in [-0.2, -0.15) is 0 Å². The first-order valence-corrected chi connectivity index (χ1v) is 10.3. The van der Waals surface area contributed by atoms with Crippen LogP contribution in [-0.4, -0.2) is 48.5 Å². The largest absolute Gasteiger partial charge is 0.508 e. The number of aromatic hydroxyl groups is 1. The van der Waals surface area contributed by atoms with Crippen LogP contribution in [0, 0.1) is 5.82 Å². The third-order valence-electron chi connectivity index (χ3n) is 4.82. The molecule has 0 aromatic heterocycles. The van der Waals surface area contributed by atoms with Crippen molar-refractivity contribution in [2.75, 3.05) is 27.4 Å². The second-order valence-electron chi connectivity index (χ2n) is 7.59. The minimum atomic E-state index is -0.986. The van der Waals surface area contributed by atoms with Gasteiger partial charge in [-0.05, 0) is 68.2 Å². The fraction of sp³-hybridized carbons (Fsp3) is 0.240. The van der Waals surface area contributed by atoms with Gasteiger partial charge in [0.1, 0.15) is 17.7 Å². The van der Waals surface area contributed by atoms with Crippen molar-refractivity contribution in [1.82, 2.24) is 4.90 Å². The van der Waals surface area contributed by atoms with E-state index >= 15 is 0 Å². The number of phenols is 1. The fourth-order valence-corrected chi connectivity index (χ4v) is 3.10. The van der Waals surface area contributed by atoms with Gasteiger partial charge in [0.05, 0.1) is 5.56 Å². The summed E-state index contributed by atoms with van der Waals surface area (Å²) in [6.07, 6.45) is 0.595. The number of rotatable bonds is 7. The average Bonchev–Trinajstić information content (AvgIpc) is 3.28. The van der Waals surface area contributed by atoms with Crippen LogP contribution in [0.25, 0.3) is 0 Å². The number of carbonyl (C=O) groups is 1. The molecule has 174 valence electrons. The molecule has 1 aliphatic rings. The average molecular weight is 455 g/mol. The van der Waals surface area contributed by atoms with Crippen LogP contribution < -0.4 is 14.2 Å². The summed E-state index contributed by atoms with van der Waals surface area (Å²) in [5, 5.41) is 17.1. The molecule has 1 atom stereocenters. The molecule has 0 fully saturated rings. The lowest BCUT2D eigenvalue weighted by Gasteiger charge is -2.22. The van der Waals surface area contributed by atoms with E-state index in [9.17, 15) is 9.18 Å². The molecule has 1 aliphatic heterocycles. The number of hydrogen-bond acceptors (Lipinski definition) is 6. The van der Waals surface area contributed by atoms with E-state index in [2.05, 4.69) is 4.90 Å². The highest BCUT2D eigenvalue weighted by molar-refractivity contribution is 5.87. The van der Waals surface area contributed by atoms with Crippen molar-refractivity contribution < 1.29 is 33.6 Å². The Labute approximate surface area is 191 Å². The molecule has 0 aliphatic carbocycles. The molecule has 1 heterocycles. The van der Waals surface area contributed by atoms with Gasteiger partial charge in [-0.25, -0.2) is 9.18 Å². The van der Waals surface area contributed by atoms with Crippen LogP contribution >= 0.6 is 0 Å². The molecule has 2 N–H and O–H groups in total. The molecule has 0 spiro atoms. The lowest BCUT2D eigenvalue weighted by molar-refractivity contribution is 0.0697. The van der Waals surface area contributed by atoms with Gasteiger partial charge >= 0.3 is 5.97 Å². The van der Waals surface area contributed by atoms with Crippen LogP contribution in [0.3, 0.4) is 0 Å². The van der Waals surface area contributed by atoms with Crippen molar-refractivity contribution >= 4 is 5.97 Å². The number of benzene rings is 3. The molecule has 3 aromatic rings. The van der Waals surface area contributed by atoms with E-state index in [0.717, 1.165) is 18.5 Å². The van der Waals surface area contributed by atoms with E-state index in [1.54, 1.807) is 12.1 Å². The highest BCUT2D eigenvalue weighted by atomic mass is 19.1.